The highest BCUT2D eigenvalue weighted by atomic mass is 32.1. The standard InChI is InChI=1S/C27H21N3O4S/c1-32-25-13-19(11-12-24(25)33-16-18-7-3-2-4-8-18)15-28-30-27-29-22(17-35-27)21-14-20-9-5-6-10-23(20)34-26(21)31/h2-15,17H,16H2,1H3,(H,29,30)/b28-15+. The molecule has 0 aliphatic rings. The zero-order valence-corrected chi connectivity index (χ0v) is 19.6. The fraction of sp³-hybridized carbons (Fsp3) is 0.0741. The van der Waals surface area contributed by atoms with Crippen molar-refractivity contribution in [3.63, 3.8) is 0 Å². The average molecular weight is 484 g/mol. The van der Waals surface area contributed by atoms with E-state index in [1.165, 1.54) is 11.3 Å². The molecule has 5 aromatic rings. The summed E-state index contributed by atoms with van der Waals surface area (Å²) in [6.07, 6.45) is 1.66. The van der Waals surface area contributed by atoms with Gasteiger partial charge in [0.15, 0.2) is 11.5 Å². The first-order valence-corrected chi connectivity index (χ1v) is 11.7. The van der Waals surface area contributed by atoms with Gasteiger partial charge in [0.05, 0.1) is 24.6 Å². The molecule has 0 saturated heterocycles. The number of ether oxygens (including phenoxy) is 2. The molecule has 0 radical (unpaired) electrons. The van der Waals surface area contributed by atoms with Crippen LogP contribution in [0.25, 0.3) is 22.2 Å². The second-order valence-corrected chi connectivity index (χ2v) is 8.44. The number of methoxy groups -OCH3 is 1. The van der Waals surface area contributed by atoms with Crippen LogP contribution in [0.3, 0.4) is 0 Å². The van der Waals surface area contributed by atoms with E-state index in [1.807, 2.05) is 66.7 Å². The van der Waals surface area contributed by atoms with Crippen molar-refractivity contribution in [3.05, 3.63) is 106 Å². The smallest absolute Gasteiger partial charge is 0.345 e. The molecule has 1 N–H and O–H groups in total. The van der Waals surface area contributed by atoms with Crippen molar-refractivity contribution in [3.8, 4) is 22.8 Å². The third-order valence-electron chi connectivity index (χ3n) is 5.22. The van der Waals surface area contributed by atoms with Crippen molar-refractivity contribution >= 4 is 33.7 Å². The SMILES string of the molecule is COc1cc(/C=N/Nc2nc(-c3cc4ccccc4oc3=O)cs2)ccc1OCc1ccccc1. The maximum Gasteiger partial charge on any atom is 0.345 e. The number of hydrogen-bond donors (Lipinski definition) is 1. The van der Waals surface area contributed by atoms with Gasteiger partial charge in [0.1, 0.15) is 12.2 Å². The third kappa shape index (κ3) is 5.23. The molecule has 174 valence electrons. The van der Waals surface area contributed by atoms with Crippen LogP contribution in [0, 0.1) is 0 Å². The monoisotopic (exact) mass is 483 g/mol. The minimum Gasteiger partial charge on any atom is -0.493 e. The molecule has 0 aliphatic heterocycles. The molecule has 0 saturated carbocycles. The van der Waals surface area contributed by atoms with Crippen molar-refractivity contribution < 1.29 is 13.9 Å². The number of rotatable bonds is 8. The van der Waals surface area contributed by atoms with Crippen molar-refractivity contribution in [2.45, 2.75) is 6.61 Å². The van der Waals surface area contributed by atoms with E-state index in [0.29, 0.717) is 40.1 Å². The Morgan fingerprint density at radius 1 is 1.03 bits per heavy atom. The third-order valence-corrected chi connectivity index (χ3v) is 5.97. The van der Waals surface area contributed by atoms with Gasteiger partial charge in [-0.25, -0.2) is 9.78 Å². The van der Waals surface area contributed by atoms with Gasteiger partial charge < -0.3 is 13.9 Å². The summed E-state index contributed by atoms with van der Waals surface area (Å²) in [6, 6.07) is 24.7. The minimum atomic E-state index is -0.425. The lowest BCUT2D eigenvalue weighted by Crippen LogP contribution is -2.02. The molecule has 2 aromatic heterocycles. The molecule has 3 aromatic carbocycles. The maximum absolute atomic E-state index is 12.4. The van der Waals surface area contributed by atoms with E-state index in [4.69, 9.17) is 13.9 Å². The summed E-state index contributed by atoms with van der Waals surface area (Å²) in [5, 5.41) is 7.45. The van der Waals surface area contributed by atoms with Crippen LogP contribution in [0.5, 0.6) is 11.5 Å². The van der Waals surface area contributed by atoms with Crippen LogP contribution in [0.1, 0.15) is 11.1 Å². The highest BCUT2D eigenvalue weighted by molar-refractivity contribution is 7.14. The lowest BCUT2D eigenvalue weighted by atomic mass is 10.1. The van der Waals surface area contributed by atoms with Gasteiger partial charge in [-0.2, -0.15) is 5.10 Å². The number of hydrogen-bond acceptors (Lipinski definition) is 8. The average Bonchev–Trinajstić information content (AvgIpc) is 3.36. The molecule has 2 heterocycles. The normalized spacial score (nSPS) is 11.1. The van der Waals surface area contributed by atoms with E-state index in [2.05, 4.69) is 15.5 Å². The molecule has 35 heavy (non-hydrogen) atoms. The molecule has 7 nitrogen and oxygen atoms in total. The second-order valence-electron chi connectivity index (χ2n) is 7.58. The lowest BCUT2D eigenvalue weighted by molar-refractivity contribution is 0.284. The van der Waals surface area contributed by atoms with Crippen molar-refractivity contribution in [1.82, 2.24) is 4.98 Å². The topological polar surface area (TPSA) is 86.0 Å². The van der Waals surface area contributed by atoms with Crippen LogP contribution >= 0.6 is 11.3 Å². The Balaban J connectivity index is 1.26. The predicted molar refractivity (Wildman–Crippen MR) is 139 cm³/mol. The summed E-state index contributed by atoms with van der Waals surface area (Å²) < 4.78 is 16.8. The number of nitrogens with one attached hydrogen (secondary N) is 1. The molecular weight excluding hydrogens is 462 g/mol. The molecule has 0 unspecified atom stereocenters. The van der Waals surface area contributed by atoms with Gasteiger partial charge in [0, 0.05) is 10.8 Å². The number of hydrazone groups is 1. The zero-order chi connectivity index (χ0) is 24.0. The van der Waals surface area contributed by atoms with E-state index in [1.54, 1.807) is 30.8 Å². The number of para-hydroxylation sites is 1. The summed E-state index contributed by atoms with van der Waals surface area (Å²) >= 11 is 1.35. The van der Waals surface area contributed by atoms with E-state index in [-0.39, 0.29) is 0 Å². The largest absolute Gasteiger partial charge is 0.493 e. The first kappa shape index (κ1) is 22.4. The molecule has 0 spiro atoms. The zero-order valence-electron chi connectivity index (χ0n) is 18.8. The summed E-state index contributed by atoms with van der Waals surface area (Å²) in [5.41, 5.74) is 5.88. The maximum atomic E-state index is 12.4. The highest BCUT2D eigenvalue weighted by Crippen LogP contribution is 2.29. The van der Waals surface area contributed by atoms with E-state index in [9.17, 15) is 4.79 Å². The number of aromatic nitrogens is 1. The molecule has 0 bridgehead atoms. The Morgan fingerprint density at radius 3 is 2.71 bits per heavy atom. The first-order valence-electron chi connectivity index (χ1n) is 10.8. The van der Waals surface area contributed by atoms with E-state index >= 15 is 0 Å². The first-order chi connectivity index (χ1) is 17.2. The molecule has 0 amide bonds. The van der Waals surface area contributed by atoms with Gasteiger partial charge in [-0.1, -0.05) is 48.5 Å². The Morgan fingerprint density at radius 2 is 1.86 bits per heavy atom. The fourth-order valence-electron chi connectivity index (χ4n) is 3.47. The second kappa shape index (κ2) is 10.2. The number of nitrogens with zero attached hydrogens (tertiary/aromatic N) is 2. The van der Waals surface area contributed by atoms with Crippen LogP contribution in [-0.4, -0.2) is 18.3 Å². The Kier molecular flexibility index (Phi) is 6.54. The summed E-state index contributed by atoms with van der Waals surface area (Å²) in [4.78, 5) is 16.9. The van der Waals surface area contributed by atoms with Gasteiger partial charge in [0.2, 0.25) is 5.13 Å². The van der Waals surface area contributed by atoms with E-state index in [0.717, 1.165) is 16.5 Å². The van der Waals surface area contributed by atoms with Crippen molar-refractivity contribution in [1.29, 1.82) is 0 Å². The minimum absolute atomic E-state index is 0.410. The lowest BCUT2D eigenvalue weighted by Gasteiger charge is -2.11. The Hall–Kier alpha value is -4.43. The number of benzene rings is 3. The van der Waals surface area contributed by atoms with Crippen molar-refractivity contribution in [2.24, 2.45) is 5.10 Å². The summed E-state index contributed by atoms with van der Waals surface area (Å²) in [5.74, 6) is 1.27. The molecule has 0 aliphatic carbocycles. The molecule has 8 heteroatoms. The Bertz CT molecular complexity index is 1540. The van der Waals surface area contributed by atoms with Gasteiger partial charge in [-0.3, -0.25) is 5.43 Å². The number of thiazole rings is 1. The summed E-state index contributed by atoms with van der Waals surface area (Å²) in [6.45, 7) is 0.453. The van der Waals surface area contributed by atoms with Crippen LogP contribution in [0.4, 0.5) is 5.13 Å². The molecular formula is C27H21N3O4S. The molecule has 0 fully saturated rings. The Labute approximate surface area is 205 Å². The van der Waals surface area contributed by atoms with Crippen molar-refractivity contribution in [2.75, 3.05) is 12.5 Å². The predicted octanol–water partition coefficient (Wildman–Crippen LogP) is 5.95. The highest BCUT2D eigenvalue weighted by Gasteiger charge is 2.11. The quantitative estimate of drug-likeness (QED) is 0.167. The molecule has 0 atom stereocenters. The van der Waals surface area contributed by atoms with Gasteiger partial charge in [-0.15, -0.1) is 11.3 Å². The van der Waals surface area contributed by atoms with Crippen LogP contribution in [0.15, 0.2) is 98.6 Å². The number of anilines is 1. The number of fused-ring (bicyclic) bond motifs is 1. The van der Waals surface area contributed by atoms with E-state index < -0.39 is 5.63 Å². The van der Waals surface area contributed by atoms with Gasteiger partial charge in [0.25, 0.3) is 0 Å². The summed E-state index contributed by atoms with van der Waals surface area (Å²) in [7, 11) is 1.60. The van der Waals surface area contributed by atoms with Crippen LogP contribution in [0.2, 0.25) is 0 Å². The van der Waals surface area contributed by atoms with Crippen LogP contribution < -0.4 is 20.5 Å². The fourth-order valence-corrected chi connectivity index (χ4v) is 4.13. The molecule has 5 rings (SSSR count). The van der Waals surface area contributed by atoms with Gasteiger partial charge >= 0.3 is 5.63 Å². The van der Waals surface area contributed by atoms with Crippen LogP contribution in [-0.2, 0) is 6.61 Å². The van der Waals surface area contributed by atoms with Gasteiger partial charge in [-0.05, 0) is 41.5 Å².